The van der Waals surface area contributed by atoms with Gasteiger partial charge < -0.3 is 15.4 Å². The first-order chi connectivity index (χ1) is 16.2. The number of thiophene rings is 1. The summed E-state index contributed by atoms with van der Waals surface area (Å²) >= 11 is 5.34. The maximum atomic E-state index is 12.8. The SMILES string of the molecule is O=C(NC1CCN(Cc2ccc(OC3CCNCC3)c(Br)c2)CC1)c1csc2ccccc12. The Hall–Kier alpha value is -1.93. The molecule has 1 aromatic heterocycles. The first-order valence-corrected chi connectivity index (χ1v) is 13.5. The Morgan fingerprint density at radius 1 is 1.12 bits per heavy atom. The van der Waals surface area contributed by atoms with Gasteiger partial charge in [0.2, 0.25) is 0 Å². The number of fused-ring (bicyclic) bond motifs is 1. The van der Waals surface area contributed by atoms with E-state index in [0.29, 0.717) is 6.10 Å². The third-order valence-corrected chi connectivity index (χ3v) is 8.21. The second-order valence-corrected chi connectivity index (χ2v) is 10.8. The van der Waals surface area contributed by atoms with Crippen LogP contribution in [-0.4, -0.2) is 49.1 Å². The highest BCUT2D eigenvalue weighted by Gasteiger charge is 2.23. The van der Waals surface area contributed by atoms with E-state index in [4.69, 9.17) is 4.74 Å². The van der Waals surface area contributed by atoms with Gasteiger partial charge in [-0.3, -0.25) is 9.69 Å². The van der Waals surface area contributed by atoms with Crippen LogP contribution < -0.4 is 15.4 Å². The minimum Gasteiger partial charge on any atom is -0.489 e. The molecule has 5 rings (SSSR count). The predicted octanol–water partition coefficient (Wildman–Crippen LogP) is 5.19. The first kappa shape index (κ1) is 22.8. The molecule has 0 aliphatic carbocycles. The molecule has 3 heterocycles. The lowest BCUT2D eigenvalue weighted by Gasteiger charge is -2.32. The van der Waals surface area contributed by atoms with Crippen molar-refractivity contribution in [3.05, 3.63) is 63.4 Å². The van der Waals surface area contributed by atoms with E-state index in [2.05, 4.69) is 55.7 Å². The predicted molar refractivity (Wildman–Crippen MR) is 138 cm³/mol. The molecule has 0 unspecified atom stereocenters. The maximum Gasteiger partial charge on any atom is 0.252 e. The van der Waals surface area contributed by atoms with Crippen molar-refractivity contribution in [1.29, 1.82) is 0 Å². The van der Waals surface area contributed by atoms with Gasteiger partial charge in [-0.05, 0) is 78.5 Å². The molecule has 0 saturated carbocycles. The molecule has 1 amide bonds. The van der Waals surface area contributed by atoms with Crippen molar-refractivity contribution in [2.45, 2.75) is 44.4 Å². The molecular formula is C26H30BrN3O2S. The van der Waals surface area contributed by atoms with Crippen LogP contribution in [0.15, 0.2) is 52.3 Å². The summed E-state index contributed by atoms with van der Waals surface area (Å²) in [6, 6.07) is 14.8. The summed E-state index contributed by atoms with van der Waals surface area (Å²) in [4.78, 5) is 15.3. The highest BCUT2D eigenvalue weighted by molar-refractivity contribution is 9.10. The zero-order valence-electron chi connectivity index (χ0n) is 18.7. The van der Waals surface area contributed by atoms with Gasteiger partial charge in [-0.2, -0.15) is 0 Å². The van der Waals surface area contributed by atoms with Crippen LogP contribution in [0, 0.1) is 0 Å². The standard InChI is InChI=1S/C26H30BrN3O2S/c27-23-15-18(5-6-24(23)32-20-7-11-28-12-8-20)16-30-13-9-19(10-14-30)29-26(31)22-17-33-25-4-2-1-3-21(22)25/h1-6,15,17,19-20,28H,7-14,16H2,(H,29,31). The van der Waals surface area contributed by atoms with E-state index >= 15 is 0 Å². The van der Waals surface area contributed by atoms with Gasteiger partial charge in [-0.25, -0.2) is 0 Å². The van der Waals surface area contributed by atoms with Crippen LogP contribution in [0.1, 0.15) is 41.6 Å². The lowest BCUT2D eigenvalue weighted by Crippen LogP contribution is -2.44. The minimum absolute atomic E-state index is 0.0548. The molecule has 174 valence electrons. The third-order valence-electron chi connectivity index (χ3n) is 6.63. The number of hydrogen-bond donors (Lipinski definition) is 2. The fraction of sp³-hybridized carbons (Fsp3) is 0.423. The Balaban J connectivity index is 1.11. The Morgan fingerprint density at radius 2 is 1.91 bits per heavy atom. The van der Waals surface area contributed by atoms with Crippen molar-refractivity contribution in [2.75, 3.05) is 26.2 Å². The van der Waals surface area contributed by atoms with Gasteiger partial charge >= 0.3 is 0 Å². The van der Waals surface area contributed by atoms with Crippen molar-refractivity contribution < 1.29 is 9.53 Å². The summed E-state index contributed by atoms with van der Waals surface area (Å²) in [5.74, 6) is 0.993. The highest BCUT2D eigenvalue weighted by atomic mass is 79.9. The summed E-state index contributed by atoms with van der Waals surface area (Å²) in [5, 5.41) is 9.67. The van der Waals surface area contributed by atoms with Gasteiger partial charge in [0.05, 0.1) is 10.0 Å². The molecule has 2 saturated heterocycles. The van der Waals surface area contributed by atoms with Crippen LogP contribution in [-0.2, 0) is 6.54 Å². The number of ether oxygens (including phenoxy) is 1. The van der Waals surface area contributed by atoms with E-state index in [1.807, 2.05) is 23.6 Å². The van der Waals surface area contributed by atoms with Crippen molar-refractivity contribution >= 4 is 43.3 Å². The number of nitrogens with zero attached hydrogens (tertiary/aromatic N) is 1. The molecule has 5 nitrogen and oxygen atoms in total. The molecule has 0 bridgehead atoms. The quantitative estimate of drug-likeness (QED) is 0.463. The third kappa shape index (κ3) is 5.60. The Kier molecular flexibility index (Phi) is 7.30. The number of nitrogens with one attached hydrogen (secondary N) is 2. The van der Waals surface area contributed by atoms with Crippen molar-refractivity contribution in [1.82, 2.24) is 15.5 Å². The number of amides is 1. The number of hydrogen-bond acceptors (Lipinski definition) is 5. The van der Waals surface area contributed by atoms with Gasteiger partial charge in [0.15, 0.2) is 0 Å². The number of carbonyl (C=O) groups excluding carboxylic acids is 1. The van der Waals surface area contributed by atoms with Crippen LogP contribution >= 0.6 is 27.3 Å². The van der Waals surface area contributed by atoms with Gasteiger partial charge in [0.1, 0.15) is 11.9 Å². The van der Waals surface area contributed by atoms with Crippen molar-refractivity contribution in [2.24, 2.45) is 0 Å². The molecule has 7 heteroatoms. The molecule has 0 spiro atoms. The molecule has 2 aliphatic rings. The van der Waals surface area contributed by atoms with Crippen LogP contribution in [0.2, 0.25) is 0 Å². The molecule has 2 aliphatic heterocycles. The fourth-order valence-electron chi connectivity index (χ4n) is 4.74. The summed E-state index contributed by atoms with van der Waals surface area (Å²) in [7, 11) is 0. The van der Waals surface area contributed by atoms with E-state index < -0.39 is 0 Å². The van der Waals surface area contributed by atoms with Gasteiger partial charge in [0, 0.05) is 41.1 Å². The molecule has 3 aromatic rings. The highest BCUT2D eigenvalue weighted by Crippen LogP contribution is 2.29. The summed E-state index contributed by atoms with van der Waals surface area (Å²) in [5.41, 5.74) is 2.08. The minimum atomic E-state index is 0.0548. The number of benzene rings is 2. The second-order valence-electron chi connectivity index (χ2n) is 9.00. The maximum absolute atomic E-state index is 12.8. The van der Waals surface area contributed by atoms with E-state index in [0.717, 1.165) is 84.3 Å². The molecule has 0 atom stereocenters. The largest absolute Gasteiger partial charge is 0.489 e. The first-order valence-electron chi connectivity index (χ1n) is 11.8. The second kappa shape index (κ2) is 10.6. The number of halogens is 1. The molecule has 2 N–H and O–H groups in total. The topological polar surface area (TPSA) is 53.6 Å². The van der Waals surface area contributed by atoms with Gasteiger partial charge in [0.25, 0.3) is 5.91 Å². The Bertz CT molecular complexity index is 1100. The van der Waals surface area contributed by atoms with Crippen molar-refractivity contribution in [3.63, 3.8) is 0 Å². The molecule has 33 heavy (non-hydrogen) atoms. The summed E-state index contributed by atoms with van der Waals surface area (Å²) < 4.78 is 8.39. The monoisotopic (exact) mass is 527 g/mol. The van der Waals surface area contributed by atoms with Crippen LogP contribution in [0.5, 0.6) is 5.75 Å². The molecule has 2 fully saturated rings. The number of likely N-dealkylation sites (tertiary alicyclic amines) is 1. The lowest BCUT2D eigenvalue weighted by molar-refractivity contribution is 0.0911. The zero-order chi connectivity index (χ0) is 22.6. The molecule has 2 aromatic carbocycles. The Labute approximate surface area is 207 Å². The van der Waals surface area contributed by atoms with E-state index in [9.17, 15) is 4.79 Å². The van der Waals surface area contributed by atoms with Crippen molar-refractivity contribution in [3.8, 4) is 5.75 Å². The average molecular weight is 529 g/mol. The summed E-state index contributed by atoms with van der Waals surface area (Å²) in [6.07, 6.45) is 4.37. The smallest absolute Gasteiger partial charge is 0.252 e. The molecular weight excluding hydrogens is 498 g/mol. The number of piperidine rings is 2. The van der Waals surface area contributed by atoms with E-state index in [1.165, 1.54) is 5.56 Å². The number of rotatable bonds is 6. The van der Waals surface area contributed by atoms with Crippen LogP contribution in [0.25, 0.3) is 10.1 Å². The normalized spacial score (nSPS) is 18.5. The Morgan fingerprint density at radius 3 is 2.70 bits per heavy atom. The average Bonchev–Trinajstić information content (AvgIpc) is 3.27. The fourth-order valence-corrected chi connectivity index (χ4v) is 6.20. The molecule has 0 radical (unpaired) electrons. The lowest BCUT2D eigenvalue weighted by atomic mass is 10.0. The van der Waals surface area contributed by atoms with Crippen LogP contribution in [0.4, 0.5) is 0 Å². The van der Waals surface area contributed by atoms with E-state index in [1.54, 1.807) is 11.3 Å². The van der Waals surface area contributed by atoms with Gasteiger partial charge in [-0.1, -0.05) is 24.3 Å². The van der Waals surface area contributed by atoms with Crippen LogP contribution in [0.3, 0.4) is 0 Å². The zero-order valence-corrected chi connectivity index (χ0v) is 21.1. The number of carbonyl (C=O) groups is 1. The van der Waals surface area contributed by atoms with Gasteiger partial charge in [-0.15, -0.1) is 11.3 Å². The van der Waals surface area contributed by atoms with E-state index in [-0.39, 0.29) is 11.9 Å². The summed E-state index contributed by atoms with van der Waals surface area (Å²) in [6.45, 7) is 4.95.